The largest absolute Gasteiger partial charge is 0.351 e. The average molecular weight is 232 g/mol. The molecule has 94 valence electrons. The number of hydrogen-bond donors (Lipinski definition) is 6. The summed E-state index contributed by atoms with van der Waals surface area (Å²) in [5.74, 6) is 0. The molecule has 0 rings (SSSR count). The fourth-order valence-electron chi connectivity index (χ4n) is 1.10. The number of primary amides is 2. The van der Waals surface area contributed by atoms with Crippen molar-refractivity contribution < 1.29 is 9.59 Å². The highest BCUT2D eigenvalue weighted by Gasteiger charge is 2.08. The minimum atomic E-state index is -0.693. The van der Waals surface area contributed by atoms with Gasteiger partial charge in [0.15, 0.2) is 0 Å². The summed E-state index contributed by atoms with van der Waals surface area (Å²) in [6.45, 7) is 2.08. The van der Waals surface area contributed by atoms with E-state index in [0.717, 1.165) is 19.3 Å². The first-order valence-electron chi connectivity index (χ1n) is 5.18. The van der Waals surface area contributed by atoms with Crippen LogP contribution in [0.3, 0.4) is 0 Å². The second-order valence-electron chi connectivity index (χ2n) is 3.32. The summed E-state index contributed by atoms with van der Waals surface area (Å²) in [5.41, 5.74) is 19.5. The number of nitrogens with one attached hydrogen (secondary N) is 4. The molecule has 0 aromatic heterocycles. The molecule has 0 aliphatic heterocycles. The summed E-state index contributed by atoms with van der Waals surface area (Å²) in [6, 6.07) is -1.39. The Kier molecular flexibility index (Phi) is 7.90. The van der Waals surface area contributed by atoms with Crippen molar-refractivity contribution in [3.63, 3.8) is 0 Å². The summed E-state index contributed by atoms with van der Waals surface area (Å²) in [5, 5.41) is 0. The van der Waals surface area contributed by atoms with Gasteiger partial charge in [0.25, 0.3) is 0 Å². The summed E-state index contributed by atoms with van der Waals surface area (Å²) >= 11 is 0. The van der Waals surface area contributed by atoms with E-state index >= 15 is 0 Å². The predicted molar refractivity (Wildman–Crippen MR) is 59.6 cm³/mol. The van der Waals surface area contributed by atoms with Gasteiger partial charge in [-0.2, -0.15) is 0 Å². The summed E-state index contributed by atoms with van der Waals surface area (Å²) < 4.78 is 0. The first-order chi connectivity index (χ1) is 7.56. The van der Waals surface area contributed by atoms with Crippen molar-refractivity contribution in [3.8, 4) is 0 Å². The second-order valence-corrected chi connectivity index (χ2v) is 3.32. The number of carbonyl (C=O) groups is 2. The molecule has 0 heterocycles. The monoisotopic (exact) mass is 232 g/mol. The van der Waals surface area contributed by atoms with E-state index in [0.29, 0.717) is 6.42 Å². The van der Waals surface area contributed by atoms with Crippen LogP contribution in [-0.2, 0) is 0 Å². The minimum absolute atomic E-state index is 0.313. The number of nitrogens with two attached hydrogens (primary N) is 2. The van der Waals surface area contributed by atoms with Crippen LogP contribution in [0.5, 0.6) is 0 Å². The number of amides is 4. The molecule has 8 N–H and O–H groups in total. The van der Waals surface area contributed by atoms with Crippen LogP contribution in [0.25, 0.3) is 0 Å². The molecule has 4 amide bonds. The molecule has 0 spiro atoms. The number of carbonyl (C=O) groups excluding carboxylic acids is 2. The normalized spacial score (nSPS) is 10.1. The lowest BCUT2D eigenvalue weighted by Crippen LogP contribution is -2.58. The Labute approximate surface area is 94.4 Å². The van der Waals surface area contributed by atoms with Gasteiger partial charge in [0, 0.05) is 0 Å². The highest BCUT2D eigenvalue weighted by Crippen LogP contribution is 2.00. The standard InChI is InChI=1S/C8H20N6O2/c1-2-3-4-5-6(11-13-7(9)15)12-14-8(10)16/h6,11-12H,2-5H2,1H3,(H3,9,13,15)(H3,10,14,16). The number of rotatable bonds is 8. The number of hydrogen-bond acceptors (Lipinski definition) is 4. The molecule has 0 aromatic rings. The van der Waals surface area contributed by atoms with Gasteiger partial charge in [-0.25, -0.2) is 20.4 Å². The average Bonchev–Trinajstić information content (AvgIpc) is 2.21. The lowest BCUT2D eigenvalue weighted by molar-refractivity contribution is 0.228. The number of urea groups is 2. The molecular weight excluding hydrogens is 212 g/mol. The fraction of sp³-hybridized carbons (Fsp3) is 0.750. The molecule has 8 heteroatoms. The Morgan fingerprint density at radius 2 is 1.56 bits per heavy atom. The van der Waals surface area contributed by atoms with Gasteiger partial charge >= 0.3 is 12.1 Å². The van der Waals surface area contributed by atoms with Crippen molar-refractivity contribution in [1.29, 1.82) is 0 Å². The highest BCUT2D eigenvalue weighted by atomic mass is 16.2. The minimum Gasteiger partial charge on any atom is -0.351 e. The number of hydrazine groups is 2. The van der Waals surface area contributed by atoms with Gasteiger partial charge in [0.05, 0.1) is 6.17 Å². The van der Waals surface area contributed by atoms with Crippen molar-refractivity contribution in [1.82, 2.24) is 21.7 Å². The van der Waals surface area contributed by atoms with E-state index in [1.54, 1.807) is 0 Å². The molecule has 0 aromatic carbocycles. The van der Waals surface area contributed by atoms with Crippen molar-refractivity contribution in [2.75, 3.05) is 0 Å². The lowest BCUT2D eigenvalue weighted by atomic mass is 10.2. The maximum absolute atomic E-state index is 10.5. The van der Waals surface area contributed by atoms with Gasteiger partial charge in [0.2, 0.25) is 0 Å². The molecule has 0 saturated heterocycles. The zero-order chi connectivity index (χ0) is 12.4. The van der Waals surface area contributed by atoms with E-state index in [1.807, 2.05) is 0 Å². The third-order valence-corrected chi connectivity index (χ3v) is 1.84. The van der Waals surface area contributed by atoms with Crippen molar-refractivity contribution >= 4 is 12.1 Å². The van der Waals surface area contributed by atoms with Crippen molar-refractivity contribution in [2.45, 2.75) is 38.8 Å². The van der Waals surface area contributed by atoms with Gasteiger partial charge in [0.1, 0.15) is 0 Å². The molecule has 16 heavy (non-hydrogen) atoms. The molecule has 0 saturated carbocycles. The molecule has 0 bridgehead atoms. The third-order valence-electron chi connectivity index (χ3n) is 1.84. The maximum atomic E-state index is 10.5. The topological polar surface area (TPSA) is 134 Å². The summed E-state index contributed by atoms with van der Waals surface area (Å²) in [7, 11) is 0. The molecular formula is C8H20N6O2. The molecule has 0 aliphatic carbocycles. The van der Waals surface area contributed by atoms with E-state index in [4.69, 9.17) is 11.5 Å². The van der Waals surface area contributed by atoms with E-state index < -0.39 is 12.1 Å². The van der Waals surface area contributed by atoms with E-state index in [2.05, 4.69) is 28.6 Å². The zero-order valence-corrected chi connectivity index (χ0v) is 9.38. The van der Waals surface area contributed by atoms with Crippen molar-refractivity contribution in [3.05, 3.63) is 0 Å². The Morgan fingerprint density at radius 1 is 1.06 bits per heavy atom. The molecule has 0 fully saturated rings. The molecule has 0 atom stereocenters. The van der Waals surface area contributed by atoms with E-state index in [1.165, 1.54) is 0 Å². The van der Waals surface area contributed by atoms with E-state index in [9.17, 15) is 9.59 Å². The first kappa shape index (κ1) is 14.5. The Balaban J connectivity index is 3.84. The third kappa shape index (κ3) is 9.03. The molecule has 0 radical (unpaired) electrons. The fourth-order valence-corrected chi connectivity index (χ4v) is 1.10. The predicted octanol–water partition coefficient (Wildman–Crippen LogP) is -0.761. The van der Waals surface area contributed by atoms with Crippen molar-refractivity contribution in [2.24, 2.45) is 11.5 Å². The van der Waals surface area contributed by atoms with Gasteiger partial charge in [-0.3, -0.25) is 10.9 Å². The van der Waals surface area contributed by atoms with Crippen LogP contribution < -0.4 is 33.2 Å². The van der Waals surface area contributed by atoms with Gasteiger partial charge < -0.3 is 11.5 Å². The molecule has 0 aliphatic rings. The Morgan fingerprint density at radius 3 is 1.94 bits per heavy atom. The zero-order valence-electron chi connectivity index (χ0n) is 9.38. The summed E-state index contributed by atoms with van der Waals surface area (Å²) in [4.78, 5) is 21.0. The van der Waals surface area contributed by atoms with Gasteiger partial charge in [-0.15, -0.1) is 0 Å². The van der Waals surface area contributed by atoms with Crippen LogP contribution in [0.2, 0.25) is 0 Å². The van der Waals surface area contributed by atoms with Gasteiger partial charge in [-0.05, 0) is 6.42 Å². The number of unbranched alkanes of at least 4 members (excludes halogenated alkanes) is 2. The lowest BCUT2D eigenvalue weighted by Gasteiger charge is -2.19. The van der Waals surface area contributed by atoms with Crippen LogP contribution in [0, 0.1) is 0 Å². The second kappa shape index (κ2) is 8.74. The first-order valence-corrected chi connectivity index (χ1v) is 5.18. The quantitative estimate of drug-likeness (QED) is 0.186. The van der Waals surface area contributed by atoms with Crippen LogP contribution in [0.15, 0.2) is 0 Å². The summed E-state index contributed by atoms with van der Waals surface area (Å²) in [6.07, 6.45) is 3.49. The molecule has 0 unspecified atom stereocenters. The molecule has 8 nitrogen and oxygen atoms in total. The van der Waals surface area contributed by atoms with Crippen LogP contribution in [0.1, 0.15) is 32.6 Å². The van der Waals surface area contributed by atoms with Crippen LogP contribution in [-0.4, -0.2) is 18.2 Å². The SMILES string of the molecule is CCCCCC(NNC(N)=O)NNC(N)=O. The Bertz CT molecular complexity index is 205. The Hall–Kier alpha value is -1.54. The van der Waals surface area contributed by atoms with E-state index in [-0.39, 0.29) is 6.17 Å². The van der Waals surface area contributed by atoms with Crippen LogP contribution in [0.4, 0.5) is 9.59 Å². The smallest absolute Gasteiger partial charge is 0.326 e. The maximum Gasteiger partial charge on any atom is 0.326 e. The highest BCUT2D eigenvalue weighted by molar-refractivity contribution is 5.71. The van der Waals surface area contributed by atoms with Gasteiger partial charge in [-0.1, -0.05) is 26.2 Å². The van der Waals surface area contributed by atoms with Crippen LogP contribution >= 0.6 is 0 Å².